The molecule has 0 atom stereocenters. The molecule has 0 aliphatic carbocycles. The highest BCUT2D eigenvalue weighted by atomic mass is 127. The average molecular weight is 420 g/mol. The number of hydrazine groups is 1. The molecule has 1 aliphatic heterocycles. The first-order chi connectivity index (χ1) is 11.1. The van der Waals surface area contributed by atoms with Gasteiger partial charge in [0, 0.05) is 3.57 Å². The SMILES string of the molecule is COc1cccc(/C=C2\C(=O)NN(c3ccc(I)cc3)C2=O)c1. The van der Waals surface area contributed by atoms with E-state index < -0.39 is 5.91 Å². The second-order valence-corrected chi connectivity index (χ2v) is 6.14. The number of amides is 2. The predicted molar refractivity (Wildman–Crippen MR) is 95.8 cm³/mol. The summed E-state index contributed by atoms with van der Waals surface area (Å²) in [6.07, 6.45) is 1.56. The highest BCUT2D eigenvalue weighted by Gasteiger charge is 2.34. The first-order valence-electron chi connectivity index (χ1n) is 6.85. The van der Waals surface area contributed by atoms with E-state index in [0.717, 1.165) is 9.13 Å². The van der Waals surface area contributed by atoms with E-state index in [1.54, 1.807) is 43.5 Å². The molecular formula is C17H13IN2O3. The van der Waals surface area contributed by atoms with Gasteiger partial charge in [-0.05, 0) is 70.6 Å². The Morgan fingerprint density at radius 1 is 1.13 bits per heavy atom. The maximum absolute atomic E-state index is 12.5. The highest BCUT2D eigenvalue weighted by Crippen LogP contribution is 2.23. The quantitative estimate of drug-likeness (QED) is 0.472. The number of halogens is 1. The van der Waals surface area contributed by atoms with Crippen LogP contribution in [0.25, 0.3) is 6.08 Å². The fraction of sp³-hybridized carbons (Fsp3) is 0.0588. The number of rotatable bonds is 3. The minimum absolute atomic E-state index is 0.0943. The Balaban J connectivity index is 1.91. The van der Waals surface area contributed by atoms with Gasteiger partial charge in [-0.2, -0.15) is 0 Å². The van der Waals surface area contributed by atoms with E-state index in [-0.39, 0.29) is 11.5 Å². The number of ether oxygens (including phenoxy) is 1. The van der Waals surface area contributed by atoms with Crippen molar-refractivity contribution < 1.29 is 14.3 Å². The molecule has 6 heteroatoms. The van der Waals surface area contributed by atoms with Crippen LogP contribution < -0.4 is 15.2 Å². The standard InChI is InChI=1S/C17H13IN2O3/c1-23-14-4-2-3-11(9-14)10-15-16(21)19-20(17(15)22)13-7-5-12(18)6-8-13/h2-10H,1H3,(H,19,21)/b15-10+. The number of methoxy groups -OCH3 is 1. The smallest absolute Gasteiger partial charge is 0.282 e. The summed E-state index contributed by atoms with van der Waals surface area (Å²) in [7, 11) is 1.57. The zero-order valence-corrected chi connectivity index (χ0v) is 14.4. The van der Waals surface area contributed by atoms with Gasteiger partial charge >= 0.3 is 0 Å². The fourth-order valence-corrected chi connectivity index (χ4v) is 2.59. The first kappa shape index (κ1) is 15.5. The summed E-state index contributed by atoms with van der Waals surface area (Å²) >= 11 is 2.18. The molecular weight excluding hydrogens is 407 g/mol. The second kappa shape index (κ2) is 6.41. The molecule has 1 fully saturated rings. The number of nitrogens with one attached hydrogen (secondary N) is 1. The van der Waals surface area contributed by atoms with E-state index >= 15 is 0 Å². The maximum atomic E-state index is 12.5. The molecule has 23 heavy (non-hydrogen) atoms. The molecule has 0 saturated carbocycles. The second-order valence-electron chi connectivity index (χ2n) is 4.89. The summed E-state index contributed by atoms with van der Waals surface area (Å²) in [5.41, 5.74) is 4.03. The van der Waals surface area contributed by atoms with E-state index in [2.05, 4.69) is 28.0 Å². The highest BCUT2D eigenvalue weighted by molar-refractivity contribution is 14.1. The van der Waals surface area contributed by atoms with E-state index in [0.29, 0.717) is 11.4 Å². The van der Waals surface area contributed by atoms with Crippen LogP contribution >= 0.6 is 22.6 Å². The van der Waals surface area contributed by atoms with Crippen molar-refractivity contribution >= 4 is 46.2 Å². The van der Waals surface area contributed by atoms with Gasteiger partial charge in [-0.25, -0.2) is 5.01 Å². The lowest BCUT2D eigenvalue weighted by molar-refractivity contribution is -0.117. The first-order valence-corrected chi connectivity index (χ1v) is 7.93. The Kier molecular flexibility index (Phi) is 4.33. The van der Waals surface area contributed by atoms with Gasteiger partial charge in [-0.3, -0.25) is 15.0 Å². The van der Waals surface area contributed by atoms with Crippen molar-refractivity contribution in [3.8, 4) is 5.75 Å². The van der Waals surface area contributed by atoms with Crippen LogP contribution in [0, 0.1) is 3.57 Å². The van der Waals surface area contributed by atoms with E-state index in [1.807, 2.05) is 18.2 Å². The van der Waals surface area contributed by atoms with Gasteiger partial charge < -0.3 is 4.74 Å². The summed E-state index contributed by atoms with van der Waals surface area (Å²) in [6, 6.07) is 14.5. The number of anilines is 1. The zero-order valence-electron chi connectivity index (χ0n) is 12.2. The molecule has 5 nitrogen and oxygen atoms in total. The summed E-state index contributed by atoms with van der Waals surface area (Å²) in [4.78, 5) is 24.6. The third-order valence-corrected chi connectivity index (χ3v) is 4.10. The van der Waals surface area contributed by atoms with Gasteiger partial charge in [0.1, 0.15) is 11.3 Å². The van der Waals surface area contributed by atoms with Crippen LogP contribution in [0.4, 0.5) is 5.69 Å². The van der Waals surface area contributed by atoms with Crippen LogP contribution in [0.15, 0.2) is 54.1 Å². The minimum Gasteiger partial charge on any atom is -0.497 e. The molecule has 2 aromatic rings. The topological polar surface area (TPSA) is 58.6 Å². The monoisotopic (exact) mass is 420 g/mol. The minimum atomic E-state index is -0.420. The van der Waals surface area contributed by atoms with E-state index in [4.69, 9.17) is 4.74 Å². The third kappa shape index (κ3) is 3.21. The maximum Gasteiger partial charge on any atom is 0.282 e. The van der Waals surface area contributed by atoms with Crippen molar-refractivity contribution in [1.29, 1.82) is 0 Å². The summed E-state index contributed by atoms with van der Waals surface area (Å²) in [5.74, 6) is -0.130. The molecule has 2 amide bonds. The summed E-state index contributed by atoms with van der Waals surface area (Å²) < 4.78 is 6.20. The predicted octanol–water partition coefficient (Wildman–Crippen LogP) is 2.76. The Morgan fingerprint density at radius 3 is 2.57 bits per heavy atom. The molecule has 0 spiro atoms. The molecule has 0 aromatic heterocycles. The molecule has 0 bridgehead atoms. The molecule has 2 aromatic carbocycles. The zero-order chi connectivity index (χ0) is 16.4. The molecule has 116 valence electrons. The van der Waals surface area contributed by atoms with Crippen molar-refractivity contribution in [3.63, 3.8) is 0 Å². The number of carbonyl (C=O) groups excluding carboxylic acids is 2. The van der Waals surface area contributed by atoms with Gasteiger partial charge in [-0.15, -0.1) is 0 Å². The molecule has 1 saturated heterocycles. The van der Waals surface area contributed by atoms with Crippen LogP contribution in [-0.2, 0) is 9.59 Å². The van der Waals surface area contributed by atoms with Gasteiger partial charge in [0.15, 0.2) is 0 Å². The third-order valence-electron chi connectivity index (χ3n) is 3.38. The largest absolute Gasteiger partial charge is 0.497 e. The van der Waals surface area contributed by atoms with Gasteiger partial charge in [0.2, 0.25) is 0 Å². The molecule has 1 heterocycles. The van der Waals surface area contributed by atoms with Crippen LogP contribution in [0.5, 0.6) is 5.75 Å². The lowest BCUT2D eigenvalue weighted by Gasteiger charge is -2.14. The van der Waals surface area contributed by atoms with Crippen LogP contribution in [0.2, 0.25) is 0 Å². The van der Waals surface area contributed by atoms with Crippen molar-refractivity contribution in [2.45, 2.75) is 0 Å². The van der Waals surface area contributed by atoms with Crippen molar-refractivity contribution in [2.75, 3.05) is 12.1 Å². The Bertz CT molecular complexity index is 800. The Hall–Kier alpha value is -2.35. The van der Waals surface area contributed by atoms with Crippen LogP contribution in [0.3, 0.4) is 0 Å². The molecule has 1 N–H and O–H groups in total. The summed E-state index contributed by atoms with van der Waals surface area (Å²) in [5, 5.41) is 1.25. The number of carbonyl (C=O) groups is 2. The summed E-state index contributed by atoms with van der Waals surface area (Å²) in [6.45, 7) is 0. The molecule has 1 aliphatic rings. The fourth-order valence-electron chi connectivity index (χ4n) is 2.23. The van der Waals surface area contributed by atoms with Crippen molar-refractivity contribution in [3.05, 3.63) is 63.2 Å². The van der Waals surface area contributed by atoms with Crippen LogP contribution in [-0.4, -0.2) is 18.9 Å². The van der Waals surface area contributed by atoms with Gasteiger partial charge in [-0.1, -0.05) is 12.1 Å². The Labute approximate surface area is 147 Å². The normalized spacial score (nSPS) is 15.9. The van der Waals surface area contributed by atoms with Crippen LogP contribution in [0.1, 0.15) is 5.56 Å². The number of hydrogen-bond donors (Lipinski definition) is 1. The van der Waals surface area contributed by atoms with E-state index in [9.17, 15) is 9.59 Å². The number of benzene rings is 2. The Morgan fingerprint density at radius 2 is 1.87 bits per heavy atom. The van der Waals surface area contributed by atoms with Gasteiger partial charge in [0.05, 0.1) is 12.8 Å². The molecule has 3 rings (SSSR count). The molecule has 0 unspecified atom stereocenters. The van der Waals surface area contributed by atoms with Crippen molar-refractivity contribution in [2.24, 2.45) is 0 Å². The average Bonchev–Trinajstić information content (AvgIpc) is 2.84. The van der Waals surface area contributed by atoms with E-state index in [1.165, 1.54) is 5.01 Å². The number of nitrogens with zero attached hydrogens (tertiary/aromatic N) is 1. The lowest BCUT2D eigenvalue weighted by Crippen LogP contribution is -2.35. The number of hydrogen-bond acceptors (Lipinski definition) is 3. The lowest BCUT2D eigenvalue weighted by atomic mass is 10.1. The van der Waals surface area contributed by atoms with Gasteiger partial charge in [0.25, 0.3) is 11.8 Å². The van der Waals surface area contributed by atoms with Crippen molar-refractivity contribution in [1.82, 2.24) is 5.43 Å². The molecule has 0 radical (unpaired) electrons.